The van der Waals surface area contributed by atoms with Gasteiger partial charge in [-0.05, 0) is 66.7 Å². The van der Waals surface area contributed by atoms with E-state index in [4.69, 9.17) is 23.2 Å². The van der Waals surface area contributed by atoms with Crippen molar-refractivity contribution in [1.82, 2.24) is 4.98 Å². The van der Waals surface area contributed by atoms with Crippen LogP contribution in [0.4, 0.5) is 11.4 Å². The van der Waals surface area contributed by atoms with Gasteiger partial charge in [0.1, 0.15) is 0 Å². The van der Waals surface area contributed by atoms with Crippen LogP contribution in [-0.4, -0.2) is 21.9 Å². The van der Waals surface area contributed by atoms with Gasteiger partial charge in [-0.15, -0.1) is 10.2 Å². The average Bonchev–Trinajstić information content (AvgIpc) is 3.07. The van der Waals surface area contributed by atoms with Crippen molar-refractivity contribution in [2.24, 2.45) is 10.2 Å². The van der Waals surface area contributed by atoms with Crippen LogP contribution in [0, 0.1) is 0 Å². The second kappa shape index (κ2) is 8.59. The molecule has 2 amide bonds. The van der Waals surface area contributed by atoms with E-state index in [-0.39, 0.29) is 23.0 Å². The minimum absolute atomic E-state index is 0.123. The number of nitrogens with one attached hydrogen (secondary N) is 2. The van der Waals surface area contributed by atoms with E-state index in [0.717, 1.165) is 0 Å². The van der Waals surface area contributed by atoms with Crippen LogP contribution >= 0.6 is 23.2 Å². The summed E-state index contributed by atoms with van der Waals surface area (Å²) >= 11 is 11.8. The number of carbonyl (C=O) groups excluding carboxylic acids is 2. The molecule has 3 aromatic carbocycles. The molecule has 0 saturated carbocycles. The van der Waals surface area contributed by atoms with Crippen LogP contribution in [0.3, 0.4) is 0 Å². The number of nitrogens with zero attached hydrogens (tertiary/aromatic N) is 2. The lowest BCUT2D eigenvalue weighted by molar-refractivity contribution is 0.0993. The van der Waals surface area contributed by atoms with E-state index >= 15 is 0 Å². The molecule has 1 aromatic heterocycles. The number of carbonyl (C=O) groups is 2. The smallest absolute Gasteiger partial charge is 0.295 e. The molecule has 0 aliphatic rings. The lowest BCUT2D eigenvalue weighted by Crippen LogP contribution is -2.11. The highest BCUT2D eigenvalue weighted by molar-refractivity contribution is 6.31. The van der Waals surface area contributed by atoms with E-state index in [1.54, 1.807) is 54.6 Å². The van der Waals surface area contributed by atoms with Crippen LogP contribution in [0.15, 0.2) is 77.0 Å². The molecule has 154 valence electrons. The number of hydrogen-bond donors (Lipinski definition) is 3. The number of rotatable bonds is 4. The highest BCUT2D eigenvalue weighted by Gasteiger charge is 2.12. The molecular formula is C22H14Cl2N4O3. The third-order valence-corrected chi connectivity index (χ3v) is 4.94. The molecule has 4 aromatic rings. The van der Waals surface area contributed by atoms with Gasteiger partial charge in [-0.3, -0.25) is 9.59 Å². The number of hydrogen-bond acceptors (Lipinski definition) is 4. The van der Waals surface area contributed by atoms with Crippen LogP contribution in [0.25, 0.3) is 10.9 Å². The predicted molar refractivity (Wildman–Crippen MR) is 120 cm³/mol. The van der Waals surface area contributed by atoms with Gasteiger partial charge in [-0.2, -0.15) is 0 Å². The second-order valence-electron chi connectivity index (χ2n) is 6.56. The van der Waals surface area contributed by atoms with Crippen molar-refractivity contribution in [3.05, 3.63) is 87.9 Å². The quantitative estimate of drug-likeness (QED) is 0.313. The van der Waals surface area contributed by atoms with Crippen molar-refractivity contribution in [2.75, 3.05) is 5.32 Å². The molecule has 0 aliphatic carbocycles. The van der Waals surface area contributed by atoms with Crippen molar-refractivity contribution in [3.63, 3.8) is 0 Å². The van der Waals surface area contributed by atoms with Crippen molar-refractivity contribution in [3.8, 4) is 5.88 Å². The first-order valence-electron chi connectivity index (χ1n) is 9.04. The number of H-pyrrole nitrogens is 1. The molecule has 0 unspecified atom stereocenters. The number of anilines is 1. The molecule has 0 saturated heterocycles. The number of aromatic hydroxyl groups is 1. The molecule has 31 heavy (non-hydrogen) atoms. The SMILES string of the molecule is O=C(N=Nc1c(O)[nH]c2ccc(Cl)cc12)c1ccc(NC(=O)c2ccc(Cl)cc2)cc1. The standard InChI is InChI=1S/C22H14Cl2N4O3/c23-14-5-1-12(2-6-14)20(29)25-16-8-3-13(4-9-16)21(30)28-27-19-17-11-15(24)7-10-18(17)26-22(19)31/h1-11,26,31H,(H,25,29). The molecule has 1 heterocycles. The number of halogens is 2. The van der Waals surface area contributed by atoms with Crippen molar-refractivity contribution in [1.29, 1.82) is 0 Å². The summed E-state index contributed by atoms with van der Waals surface area (Å²) in [6.07, 6.45) is 0. The van der Waals surface area contributed by atoms with Gasteiger partial charge in [0.25, 0.3) is 11.8 Å². The van der Waals surface area contributed by atoms with Gasteiger partial charge in [0, 0.05) is 32.2 Å². The van der Waals surface area contributed by atoms with Crippen LogP contribution in [-0.2, 0) is 0 Å². The zero-order chi connectivity index (χ0) is 22.0. The largest absolute Gasteiger partial charge is 0.493 e. The average molecular weight is 453 g/mol. The summed E-state index contributed by atoms with van der Waals surface area (Å²) < 4.78 is 0. The Morgan fingerprint density at radius 3 is 2.23 bits per heavy atom. The summed E-state index contributed by atoms with van der Waals surface area (Å²) in [7, 11) is 0. The number of amides is 2. The molecule has 9 heteroatoms. The van der Waals surface area contributed by atoms with Gasteiger partial charge in [-0.25, -0.2) is 0 Å². The molecule has 0 aliphatic heterocycles. The Morgan fingerprint density at radius 1 is 0.871 bits per heavy atom. The third kappa shape index (κ3) is 4.58. The fourth-order valence-electron chi connectivity index (χ4n) is 2.89. The second-order valence-corrected chi connectivity index (χ2v) is 7.43. The topological polar surface area (TPSA) is 107 Å². The maximum atomic E-state index is 12.4. The van der Waals surface area contributed by atoms with Crippen LogP contribution in [0.2, 0.25) is 10.0 Å². The van der Waals surface area contributed by atoms with E-state index in [1.165, 1.54) is 12.1 Å². The Hall–Kier alpha value is -3.68. The summed E-state index contributed by atoms with van der Waals surface area (Å²) in [5.41, 5.74) is 1.97. The molecule has 0 spiro atoms. The Labute approximate surface area is 186 Å². The maximum absolute atomic E-state index is 12.4. The van der Waals surface area contributed by atoms with Gasteiger partial charge in [-0.1, -0.05) is 23.2 Å². The minimum atomic E-state index is -0.605. The lowest BCUT2D eigenvalue weighted by atomic mass is 10.1. The minimum Gasteiger partial charge on any atom is -0.493 e. The monoisotopic (exact) mass is 452 g/mol. The van der Waals surface area contributed by atoms with Crippen molar-refractivity contribution in [2.45, 2.75) is 0 Å². The number of aromatic nitrogens is 1. The van der Waals surface area contributed by atoms with Crippen molar-refractivity contribution < 1.29 is 14.7 Å². The van der Waals surface area contributed by atoms with Gasteiger partial charge in [0.05, 0.1) is 5.52 Å². The van der Waals surface area contributed by atoms with Crippen LogP contribution in [0.5, 0.6) is 5.88 Å². The summed E-state index contributed by atoms with van der Waals surface area (Å²) in [4.78, 5) is 27.4. The van der Waals surface area contributed by atoms with Crippen LogP contribution in [0.1, 0.15) is 20.7 Å². The number of azo groups is 1. The Balaban J connectivity index is 1.47. The van der Waals surface area contributed by atoms with Gasteiger partial charge < -0.3 is 15.4 Å². The van der Waals surface area contributed by atoms with E-state index in [1.807, 2.05) is 0 Å². The van der Waals surface area contributed by atoms with E-state index in [9.17, 15) is 14.7 Å². The summed E-state index contributed by atoms with van der Waals surface area (Å²) in [6.45, 7) is 0. The van der Waals surface area contributed by atoms with E-state index in [2.05, 4.69) is 20.5 Å². The Bertz CT molecular complexity index is 1310. The number of aromatic amines is 1. The number of benzene rings is 3. The summed E-state index contributed by atoms with van der Waals surface area (Å²) in [5.74, 6) is -1.12. The summed E-state index contributed by atoms with van der Waals surface area (Å²) in [5, 5.41) is 21.9. The molecular weight excluding hydrogens is 439 g/mol. The third-order valence-electron chi connectivity index (χ3n) is 4.45. The molecule has 0 bridgehead atoms. The van der Waals surface area contributed by atoms with Gasteiger partial charge in [0.2, 0.25) is 5.88 Å². The highest BCUT2D eigenvalue weighted by Crippen LogP contribution is 2.36. The first kappa shape index (κ1) is 20.6. The Kier molecular flexibility index (Phi) is 5.70. The van der Waals surface area contributed by atoms with Crippen molar-refractivity contribution >= 4 is 57.3 Å². The zero-order valence-corrected chi connectivity index (χ0v) is 17.3. The van der Waals surface area contributed by atoms with Crippen LogP contribution < -0.4 is 5.32 Å². The van der Waals surface area contributed by atoms with E-state index in [0.29, 0.717) is 32.2 Å². The molecule has 0 radical (unpaired) electrons. The zero-order valence-electron chi connectivity index (χ0n) is 15.8. The lowest BCUT2D eigenvalue weighted by Gasteiger charge is -2.05. The molecule has 4 rings (SSSR count). The fraction of sp³-hybridized carbons (Fsp3) is 0. The fourth-order valence-corrected chi connectivity index (χ4v) is 3.19. The highest BCUT2D eigenvalue weighted by atomic mass is 35.5. The maximum Gasteiger partial charge on any atom is 0.295 e. The van der Waals surface area contributed by atoms with Gasteiger partial charge in [0.15, 0.2) is 5.69 Å². The molecule has 7 nitrogen and oxygen atoms in total. The number of fused-ring (bicyclic) bond motifs is 1. The van der Waals surface area contributed by atoms with E-state index < -0.39 is 5.91 Å². The molecule has 3 N–H and O–H groups in total. The predicted octanol–water partition coefficient (Wildman–Crippen LogP) is 6.36. The van der Waals surface area contributed by atoms with Gasteiger partial charge >= 0.3 is 0 Å². The molecule has 0 atom stereocenters. The normalized spacial score (nSPS) is 11.2. The Morgan fingerprint density at radius 2 is 1.52 bits per heavy atom. The first-order valence-corrected chi connectivity index (χ1v) is 9.79. The summed E-state index contributed by atoms with van der Waals surface area (Å²) in [6, 6.07) is 17.7. The first-order chi connectivity index (χ1) is 14.9. The molecule has 0 fully saturated rings.